The van der Waals surface area contributed by atoms with E-state index in [0.717, 1.165) is 24.4 Å². The summed E-state index contributed by atoms with van der Waals surface area (Å²) < 4.78 is 5.84. The smallest absolute Gasteiger partial charge is 0.134 e. The molecule has 0 unspecified atom stereocenters. The predicted molar refractivity (Wildman–Crippen MR) is 76.8 cm³/mol. The molecule has 1 aromatic carbocycles. The number of rotatable bonds is 5. The molecule has 0 N–H and O–H groups in total. The van der Waals surface area contributed by atoms with Crippen LogP contribution < -0.4 is 0 Å². The quantitative estimate of drug-likeness (QED) is 0.733. The fourth-order valence-corrected chi connectivity index (χ4v) is 2.10. The minimum atomic E-state index is 0.552. The minimum Gasteiger partial charge on any atom is -0.460 e. The molecule has 0 spiro atoms. The van der Waals surface area contributed by atoms with Crippen molar-refractivity contribution in [1.29, 1.82) is 0 Å². The molecule has 0 aliphatic carbocycles. The average Bonchev–Trinajstić information content (AvgIpc) is 2.69. The van der Waals surface area contributed by atoms with E-state index in [1.54, 1.807) is 0 Å². The first-order valence-electron chi connectivity index (χ1n) is 6.42. The molecule has 0 amide bonds. The summed E-state index contributed by atoms with van der Waals surface area (Å²) in [6.07, 6.45) is 1.90. The van der Waals surface area contributed by atoms with E-state index in [2.05, 4.69) is 56.6 Å². The van der Waals surface area contributed by atoms with Crippen molar-refractivity contribution >= 4 is 11.0 Å². The first kappa shape index (κ1) is 12.9. The van der Waals surface area contributed by atoms with Gasteiger partial charge in [0.1, 0.15) is 11.3 Å². The van der Waals surface area contributed by atoms with Gasteiger partial charge in [-0.3, -0.25) is 4.90 Å². The lowest BCUT2D eigenvalue weighted by Crippen LogP contribution is -2.16. The molecule has 96 valence electrons. The summed E-state index contributed by atoms with van der Waals surface area (Å²) in [7, 11) is 2.06. The normalized spacial score (nSPS) is 11.6. The second-order valence-corrected chi connectivity index (χ2v) is 5.15. The Bertz CT molecular complexity index is 539. The number of likely N-dealkylation sites (N-methyl/N-ethyl adjacent to an activating group) is 1. The van der Waals surface area contributed by atoms with Crippen LogP contribution in [0.3, 0.4) is 0 Å². The van der Waals surface area contributed by atoms with Crippen LogP contribution in [0.15, 0.2) is 41.3 Å². The highest BCUT2D eigenvalue weighted by atomic mass is 16.3. The Morgan fingerprint density at radius 3 is 2.78 bits per heavy atom. The highest BCUT2D eigenvalue weighted by molar-refractivity contribution is 5.78. The van der Waals surface area contributed by atoms with Gasteiger partial charge in [-0.2, -0.15) is 0 Å². The molecule has 0 saturated carbocycles. The van der Waals surface area contributed by atoms with Gasteiger partial charge in [-0.25, -0.2) is 0 Å². The summed E-state index contributed by atoms with van der Waals surface area (Å²) in [5, 5.41) is 1.20. The van der Waals surface area contributed by atoms with Gasteiger partial charge in [-0.15, -0.1) is 6.58 Å². The Morgan fingerprint density at radius 1 is 1.33 bits per heavy atom. The van der Waals surface area contributed by atoms with Crippen molar-refractivity contribution in [1.82, 2.24) is 4.90 Å². The topological polar surface area (TPSA) is 16.4 Å². The summed E-state index contributed by atoms with van der Waals surface area (Å²) in [6.45, 7) is 9.85. The lowest BCUT2D eigenvalue weighted by atomic mass is 10.0. The zero-order chi connectivity index (χ0) is 13.1. The first-order valence-corrected chi connectivity index (χ1v) is 6.42. The lowest BCUT2D eigenvalue weighted by Gasteiger charge is -2.11. The predicted octanol–water partition coefficient (Wildman–Crippen LogP) is 4.17. The number of fused-ring (bicyclic) bond motifs is 1. The number of hydrogen-bond acceptors (Lipinski definition) is 2. The molecule has 2 aromatic rings. The summed E-state index contributed by atoms with van der Waals surface area (Å²) >= 11 is 0. The van der Waals surface area contributed by atoms with Gasteiger partial charge in [0.2, 0.25) is 0 Å². The number of nitrogens with zero attached hydrogens (tertiary/aromatic N) is 1. The zero-order valence-corrected chi connectivity index (χ0v) is 11.4. The van der Waals surface area contributed by atoms with Crippen LogP contribution in [-0.4, -0.2) is 18.5 Å². The van der Waals surface area contributed by atoms with Crippen molar-refractivity contribution in [3.05, 3.63) is 48.2 Å². The van der Waals surface area contributed by atoms with Crippen LogP contribution in [0.25, 0.3) is 11.0 Å². The van der Waals surface area contributed by atoms with Crippen molar-refractivity contribution in [2.75, 3.05) is 13.6 Å². The molecule has 0 saturated heterocycles. The third kappa shape index (κ3) is 2.82. The Hall–Kier alpha value is -1.54. The van der Waals surface area contributed by atoms with Crippen LogP contribution in [0, 0.1) is 0 Å². The highest BCUT2D eigenvalue weighted by Crippen LogP contribution is 2.24. The molecule has 0 fully saturated rings. The van der Waals surface area contributed by atoms with Crippen molar-refractivity contribution in [2.45, 2.75) is 26.3 Å². The third-order valence-electron chi connectivity index (χ3n) is 3.12. The molecule has 2 heteroatoms. The summed E-state index contributed by atoms with van der Waals surface area (Å²) in [5.74, 6) is 1.56. The molecular weight excluding hydrogens is 222 g/mol. The number of hydrogen-bond donors (Lipinski definition) is 0. The van der Waals surface area contributed by atoms with Gasteiger partial charge >= 0.3 is 0 Å². The Labute approximate surface area is 109 Å². The van der Waals surface area contributed by atoms with E-state index in [4.69, 9.17) is 4.42 Å². The molecule has 2 rings (SSSR count). The van der Waals surface area contributed by atoms with Gasteiger partial charge in [0, 0.05) is 11.9 Å². The first-order chi connectivity index (χ1) is 8.60. The SMILES string of the molecule is C=CCN(C)Cc1cc2cc(C(C)C)ccc2o1. The van der Waals surface area contributed by atoms with Gasteiger partial charge in [0.15, 0.2) is 0 Å². The molecule has 18 heavy (non-hydrogen) atoms. The molecule has 1 aromatic heterocycles. The van der Waals surface area contributed by atoms with Gasteiger partial charge < -0.3 is 4.42 Å². The van der Waals surface area contributed by atoms with Gasteiger partial charge in [0.25, 0.3) is 0 Å². The fourth-order valence-electron chi connectivity index (χ4n) is 2.10. The van der Waals surface area contributed by atoms with E-state index < -0.39 is 0 Å². The Kier molecular flexibility index (Phi) is 3.87. The number of furan rings is 1. The van der Waals surface area contributed by atoms with E-state index in [1.807, 2.05) is 6.08 Å². The van der Waals surface area contributed by atoms with Crippen LogP contribution in [0.5, 0.6) is 0 Å². The average molecular weight is 243 g/mol. The van der Waals surface area contributed by atoms with Crippen molar-refractivity contribution in [3.8, 4) is 0 Å². The third-order valence-corrected chi connectivity index (χ3v) is 3.12. The van der Waals surface area contributed by atoms with Crippen molar-refractivity contribution < 1.29 is 4.42 Å². The molecule has 0 atom stereocenters. The molecular formula is C16H21NO. The van der Waals surface area contributed by atoms with Gasteiger partial charge in [-0.05, 0) is 36.7 Å². The lowest BCUT2D eigenvalue weighted by molar-refractivity contribution is 0.328. The number of benzene rings is 1. The Balaban J connectivity index is 2.24. The largest absolute Gasteiger partial charge is 0.460 e. The molecule has 1 heterocycles. The van der Waals surface area contributed by atoms with Gasteiger partial charge in [-0.1, -0.05) is 26.0 Å². The monoisotopic (exact) mass is 243 g/mol. The standard InChI is InChI=1S/C16H21NO/c1-5-8-17(4)11-15-10-14-9-13(12(2)3)6-7-16(14)18-15/h5-7,9-10,12H,1,8,11H2,2-4H3. The van der Waals surface area contributed by atoms with E-state index in [9.17, 15) is 0 Å². The maximum absolute atomic E-state index is 5.84. The van der Waals surface area contributed by atoms with Crippen LogP contribution in [-0.2, 0) is 6.54 Å². The van der Waals surface area contributed by atoms with Crippen LogP contribution in [0.1, 0.15) is 31.1 Å². The second kappa shape index (κ2) is 5.40. The van der Waals surface area contributed by atoms with E-state index in [0.29, 0.717) is 5.92 Å². The van der Waals surface area contributed by atoms with Crippen LogP contribution in [0.2, 0.25) is 0 Å². The molecule has 0 bridgehead atoms. The molecule has 0 aliphatic heterocycles. The van der Waals surface area contributed by atoms with E-state index in [-0.39, 0.29) is 0 Å². The van der Waals surface area contributed by atoms with Crippen LogP contribution >= 0.6 is 0 Å². The van der Waals surface area contributed by atoms with Crippen molar-refractivity contribution in [3.63, 3.8) is 0 Å². The van der Waals surface area contributed by atoms with Crippen molar-refractivity contribution in [2.24, 2.45) is 0 Å². The molecule has 2 nitrogen and oxygen atoms in total. The maximum atomic E-state index is 5.84. The molecule has 0 radical (unpaired) electrons. The summed E-state index contributed by atoms with van der Waals surface area (Å²) in [5.41, 5.74) is 2.33. The summed E-state index contributed by atoms with van der Waals surface area (Å²) in [4.78, 5) is 2.17. The fraction of sp³-hybridized carbons (Fsp3) is 0.375. The van der Waals surface area contributed by atoms with E-state index in [1.165, 1.54) is 10.9 Å². The second-order valence-electron chi connectivity index (χ2n) is 5.15. The molecule has 0 aliphatic rings. The zero-order valence-electron chi connectivity index (χ0n) is 11.4. The van der Waals surface area contributed by atoms with E-state index >= 15 is 0 Å². The van der Waals surface area contributed by atoms with Crippen LogP contribution in [0.4, 0.5) is 0 Å². The minimum absolute atomic E-state index is 0.552. The van der Waals surface area contributed by atoms with Gasteiger partial charge in [0.05, 0.1) is 6.54 Å². The Morgan fingerprint density at radius 2 is 2.11 bits per heavy atom. The summed E-state index contributed by atoms with van der Waals surface area (Å²) in [6, 6.07) is 8.58. The maximum Gasteiger partial charge on any atom is 0.134 e. The highest BCUT2D eigenvalue weighted by Gasteiger charge is 2.07.